The molecule has 0 amide bonds. The first-order valence-electron chi connectivity index (χ1n) is 9.77. The van der Waals surface area contributed by atoms with Crippen molar-refractivity contribution in [1.29, 1.82) is 0 Å². The van der Waals surface area contributed by atoms with Crippen LogP contribution in [0, 0.1) is 0 Å². The fourth-order valence-electron chi connectivity index (χ4n) is 4.87. The van der Waals surface area contributed by atoms with E-state index in [0.717, 1.165) is 24.8 Å². The Hall–Kier alpha value is -2.19. The molecule has 0 aliphatic heterocycles. The molecule has 3 aromatic rings. The lowest BCUT2D eigenvalue weighted by molar-refractivity contribution is 0.287. The average Bonchev–Trinajstić information content (AvgIpc) is 2.75. The number of rotatable bonds is 5. The molecule has 0 saturated heterocycles. The van der Waals surface area contributed by atoms with Crippen molar-refractivity contribution in [3.63, 3.8) is 0 Å². The van der Waals surface area contributed by atoms with Gasteiger partial charge in [-0.1, -0.05) is 91.7 Å². The van der Waals surface area contributed by atoms with Crippen LogP contribution < -0.4 is 4.52 Å². The van der Waals surface area contributed by atoms with Crippen LogP contribution in [0.15, 0.2) is 84.9 Å². The van der Waals surface area contributed by atoms with Crippen LogP contribution in [0.2, 0.25) is 0 Å². The summed E-state index contributed by atoms with van der Waals surface area (Å²) in [5.74, 6) is 0.850. The SMILES string of the molecule is OP(O)Oc1ccccc1C1(c2ccccc2)CCCCC1c1ccccc1. The van der Waals surface area contributed by atoms with E-state index < -0.39 is 8.60 Å². The number of hydrogen-bond acceptors (Lipinski definition) is 3. The first-order valence-corrected chi connectivity index (χ1v) is 10.9. The number of para-hydroxylation sites is 1. The Labute approximate surface area is 167 Å². The van der Waals surface area contributed by atoms with Crippen molar-refractivity contribution in [2.75, 3.05) is 0 Å². The van der Waals surface area contributed by atoms with Crippen molar-refractivity contribution in [2.45, 2.75) is 37.0 Å². The molecule has 0 bridgehead atoms. The van der Waals surface area contributed by atoms with Gasteiger partial charge in [0.1, 0.15) is 5.75 Å². The molecule has 3 nitrogen and oxygen atoms in total. The van der Waals surface area contributed by atoms with E-state index in [0.29, 0.717) is 11.7 Å². The summed E-state index contributed by atoms with van der Waals surface area (Å²) in [6.45, 7) is 0. The van der Waals surface area contributed by atoms with E-state index in [4.69, 9.17) is 4.52 Å². The topological polar surface area (TPSA) is 49.7 Å². The molecule has 1 fully saturated rings. The minimum atomic E-state index is -2.47. The lowest BCUT2D eigenvalue weighted by Gasteiger charge is -2.46. The molecule has 1 aliphatic carbocycles. The first kappa shape index (κ1) is 19.1. The molecule has 0 radical (unpaired) electrons. The second kappa shape index (κ2) is 8.45. The Bertz CT molecular complexity index is 898. The summed E-state index contributed by atoms with van der Waals surface area (Å²) in [5.41, 5.74) is 3.32. The molecule has 28 heavy (non-hydrogen) atoms. The smallest absolute Gasteiger partial charge is 0.391 e. The Balaban J connectivity index is 1.96. The van der Waals surface area contributed by atoms with Crippen molar-refractivity contribution in [3.05, 3.63) is 102 Å². The Kier molecular flexibility index (Phi) is 5.77. The lowest BCUT2D eigenvalue weighted by atomic mass is 9.57. The molecule has 0 spiro atoms. The molecule has 3 aromatic carbocycles. The minimum absolute atomic E-state index is 0.275. The van der Waals surface area contributed by atoms with E-state index in [9.17, 15) is 9.79 Å². The van der Waals surface area contributed by atoms with Crippen molar-refractivity contribution in [1.82, 2.24) is 0 Å². The molecular formula is C24H25O3P. The predicted molar refractivity (Wildman–Crippen MR) is 113 cm³/mol. The maximum Gasteiger partial charge on any atom is 0.391 e. The van der Waals surface area contributed by atoms with Gasteiger partial charge in [0.25, 0.3) is 0 Å². The van der Waals surface area contributed by atoms with Crippen LogP contribution in [-0.2, 0) is 5.41 Å². The van der Waals surface area contributed by atoms with Gasteiger partial charge in [0, 0.05) is 11.0 Å². The summed E-state index contributed by atoms with van der Waals surface area (Å²) < 4.78 is 5.51. The fourth-order valence-corrected chi connectivity index (χ4v) is 5.21. The Morgan fingerprint density at radius 1 is 0.786 bits per heavy atom. The Morgan fingerprint density at radius 3 is 2.14 bits per heavy atom. The van der Waals surface area contributed by atoms with Crippen LogP contribution in [0.3, 0.4) is 0 Å². The van der Waals surface area contributed by atoms with E-state index in [-0.39, 0.29) is 5.41 Å². The zero-order chi connectivity index (χ0) is 19.4. The standard InChI is InChI=1S/C24H25O3P/c25-28(26)27-23-17-8-7-16-22(23)24(20-13-5-2-6-14-20)18-10-9-15-21(24)19-11-3-1-4-12-19/h1-8,11-14,16-17,21,25-26H,9-10,15,18H2. The largest absolute Gasteiger partial charge is 0.427 e. The molecule has 0 aromatic heterocycles. The van der Waals surface area contributed by atoms with Gasteiger partial charge in [0.15, 0.2) is 0 Å². The molecule has 0 heterocycles. The van der Waals surface area contributed by atoms with E-state index in [1.165, 1.54) is 17.5 Å². The van der Waals surface area contributed by atoms with Crippen molar-refractivity contribution < 1.29 is 14.3 Å². The van der Waals surface area contributed by atoms with Crippen LogP contribution in [-0.4, -0.2) is 9.79 Å². The Morgan fingerprint density at radius 2 is 1.43 bits per heavy atom. The molecule has 4 rings (SSSR count). The normalized spacial score (nSPS) is 22.2. The maximum absolute atomic E-state index is 9.56. The van der Waals surface area contributed by atoms with Gasteiger partial charge in [-0.3, -0.25) is 0 Å². The summed E-state index contributed by atoms with van der Waals surface area (Å²) >= 11 is 0. The highest BCUT2D eigenvalue weighted by atomic mass is 31.2. The minimum Gasteiger partial charge on any atom is -0.427 e. The second-order valence-electron chi connectivity index (χ2n) is 7.39. The molecule has 4 heteroatoms. The number of hydrogen-bond donors (Lipinski definition) is 2. The van der Waals surface area contributed by atoms with Crippen molar-refractivity contribution in [3.8, 4) is 5.75 Å². The highest BCUT2D eigenvalue weighted by Crippen LogP contribution is 2.56. The van der Waals surface area contributed by atoms with Gasteiger partial charge in [0.2, 0.25) is 0 Å². The van der Waals surface area contributed by atoms with Crippen LogP contribution in [0.1, 0.15) is 48.3 Å². The monoisotopic (exact) mass is 392 g/mol. The summed E-state index contributed by atoms with van der Waals surface area (Å²) in [6, 6.07) is 29.1. The molecule has 2 atom stereocenters. The van der Waals surface area contributed by atoms with Gasteiger partial charge in [-0.2, -0.15) is 0 Å². The molecule has 144 valence electrons. The van der Waals surface area contributed by atoms with E-state index in [1.54, 1.807) is 0 Å². The van der Waals surface area contributed by atoms with Crippen LogP contribution in [0.5, 0.6) is 5.75 Å². The first-order chi connectivity index (χ1) is 13.7. The lowest BCUT2D eigenvalue weighted by Crippen LogP contribution is -2.38. The second-order valence-corrected chi connectivity index (χ2v) is 8.07. The average molecular weight is 392 g/mol. The third kappa shape index (κ3) is 3.58. The van der Waals surface area contributed by atoms with Gasteiger partial charge >= 0.3 is 8.60 Å². The zero-order valence-corrected chi connectivity index (χ0v) is 16.6. The third-order valence-corrected chi connectivity index (χ3v) is 6.31. The maximum atomic E-state index is 9.56. The fraction of sp³-hybridized carbons (Fsp3) is 0.250. The summed E-state index contributed by atoms with van der Waals surface area (Å²) in [6.07, 6.45) is 4.38. The van der Waals surface area contributed by atoms with Gasteiger partial charge in [-0.05, 0) is 36.0 Å². The van der Waals surface area contributed by atoms with Crippen LogP contribution >= 0.6 is 8.60 Å². The summed E-state index contributed by atoms with van der Waals surface area (Å²) in [5, 5.41) is 0. The van der Waals surface area contributed by atoms with E-state index in [2.05, 4.69) is 60.7 Å². The summed E-state index contributed by atoms with van der Waals surface area (Å²) in [7, 11) is -2.47. The molecule has 2 unspecified atom stereocenters. The number of benzene rings is 3. The van der Waals surface area contributed by atoms with Gasteiger partial charge < -0.3 is 14.3 Å². The third-order valence-electron chi connectivity index (χ3n) is 5.95. The molecule has 2 N–H and O–H groups in total. The molecule has 1 aliphatic rings. The highest BCUT2D eigenvalue weighted by Gasteiger charge is 2.46. The highest BCUT2D eigenvalue weighted by molar-refractivity contribution is 7.39. The van der Waals surface area contributed by atoms with Gasteiger partial charge in [0.05, 0.1) is 0 Å². The predicted octanol–water partition coefficient (Wildman–Crippen LogP) is 5.92. The molecule has 1 saturated carbocycles. The van der Waals surface area contributed by atoms with E-state index in [1.807, 2.05) is 24.3 Å². The van der Waals surface area contributed by atoms with Crippen LogP contribution in [0.4, 0.5) is 0 Å². The zero-order valence-electron chi connectivity index (χ0n) is 15.7. The molecular weight excluding hydrogens is 367 g/mol. The van der Waals surface area contributed by atoms with Crippen molar-refractivity contribution in [2.24, 2.45) is 0 Å². The van der Waals surface area contributed by atoms with Crippen LogP contribution in [0.25, 0.3) is 0 Å². The van der Waals surface area contributed by atoms with Crippen molar-refractivity contribution >= 4 is 8.60 Å². The summed E-state index contributed by atoms with van der Waals surface area (Å²) in [4.78, 5) is 19.1. The van der Waals surface area contributed by atoms with Gasteiger partial charge in [-0.25, -0.2) is 0 Å². The quantitative estimate of drug-likeness (QED) is 0.530. The van der Waals surface area contributed by atoms with Gasteiger partial charge in [-0.15, -0.1) is 0 Å². The van der Waals surface area contributed by atoms with E-state index >= 15 is 0 Å².